The summed E-state index contributed by atoms with van der Waals surface area (Å²) in [6.45, 7) is 0. The van der Waals surface area contributed by atoms with E-state index in [9.17, 15) is 0 Å². The molecule has 0 amide bonds. The molecule has 250 valence electrons. The molecule has 0 saturated carbocycles. The summed E-state index contributed by atoms with van der Waals surface area (Å²) in [6, 6.07) is 67.5. The number of anilines is 3. The fourth-order valence-corrected chi connectivity index (χ4v) is 7.36. The van der Waals surface area contributed by atoms with E-state index in [-0.39, 0.29) is 0 Å². The number of hydrogen-bond acceptors (Lipinski definition) is 4. The van der Waals surface area contributed by atoms with E-state index < -0.39 is 0 Å². The first kappa shape index (κ1) is 30.6. The van der Waals surface area contributed by atoms with E-state index in [4.69, 9.17) is 13.8 Å². The van der Waals surface area contributed by atoms with Crippen LogP contribution in [0, 0.1) is 0 Å². The van der Waals surface area contributed by atoms with Crippen molar-refractivity contribution in [2.45, 2.75) is 0 Å². The predicted molar refractivity (Wildman–Crippen MR) is 218 cm³/mol. The number of para-hydroxylation sites is 1. The van der Waals surface area contributed by atoms with Crippen molar-refractivity contribution in [2.24, 2.45) is 0 Å². The van der Waals surface area contributed by atoms with E-state index in [2.05, 4.69) is 132 Å². The molecule has 10 rings (SSSR count). The Balaban J connectivity index is 1.13. The van der Waals surface area contributed by atoms with Crippen LogP contribution in [0.1, 0.15) is 0 Å². The molecule has 0 aliphatic carbocycles. The molecule has 0 unspecified atom stereocenters. The van der Waals surface area contributed by atoms with Crippen LogP contribution >= 0.6 is 0 Å². The van der Waals surface area contributed by atoms with E-state index in [0.29, 0.717) is 5.89 Å². The Kier molecular flexibility index (Phi) is 7.43. The van der Waals surface area contributed by atoms with Crippen LogP contribution in [0.5, 0.6) is 0 Å². The summed E-state index contributed by atoms with van der Waals surface area (Å²) in [4.78, 5) is 7.17. The van der Waals surface area contributed by atoms with Crippen molar-refractivity contribution >= 4 is 50.1 Å². The molecule has 0 fully saturated rings. The summed E-state index contributed by atoms with van der Waals surface area (Å²) in [5.74, 6) is 0.603. The maximum Gasteiger partial charge on any atom is 0.227 e. The first-order valence-corrected chi connectivity index (χ1v) is 17.8. The zero-order valence-corrected chi connectivity index (χ0v) is 28.7. The maximum atomic E-state index is 6.51. The average Bonchev–Trinajstić information content (AvgIpc) is 3.85. The van der Waals surface area contributed by atoms with Crippen LogP contribution < -0.4 is 4.90 Å². The molecule has 0 N–H and O–H groups in total. The number of oxazole rings is 1. The molecule has 0 bridgehead atoms. The van der Waals surface area contributed by atoms with E-state index in [1.54, 1.807) is 0 Å². The minimum atomic E-state index is 0.603. The Labute approximate surface area is 306 Å². The Morgan fingerprint density at radius 1 is 0.377 bits per heavy atom. The molecular weight excluding hydrogens is 649 g/mol. The third-order valence-corrected chi connectivity index (χ3v) is 9.93. The first-order chi connectivity index (χ1) is 26.3. The molecule has 10 aromatic rings. The van der Waals surface area contributed by atoms with Crippen LogP contribution in [0.4, 0.5) is 17.1 Å². The molecule has 0 saturated heterocycles. The average molecular weight is 681 g/mol. The van der Waals surface area contributed by atoms with Crippen LogP contribution in [0.2, 0.25) is 0 Å². The molecule has 4 nitrogen and oxygen atoms in total. The second-order valence-electron chi connectivity index (χ2n) is 13.2. The molecule has 0 radical (unpaired) electrons. The van der Waals surface area contributed by atoms with E-state index >= 15 is 0 Å². The van der Waals surface area contributed by atoms with Gasteiger partial charge in [0.15, 0.2) is 5.58 Å². The Hall–Kier alpha value is -7.17. The summed E-state index contributed by atoms with van der Waals surface area (Å²) < 4.78 is 13.0. The lowest BCUT2D eigenvalue weighted by Crippen LogP contribution is -2.09. The van der Waals surface area contributed by atoms with Crippen molar-refractivity contribution in [1.29, 1.82) is 0 Å². The van der Waals surface area contributed by atoms with Crippen molar-refractivity contribution < 1.29 is 8.83 Å². The lowest BCUT2D eigenvalue weighted by molar-refractivity contribution is 0.621. The van der Waals surface area contributed by atoms with Gasteiger partial charge in [-0.2, -0.15) is 0 Å². The number of nitrogens with zero attached hydrogens (tertiary/aromatic N) is 2. The highest BCUT2D eigenvalue weighted by Crippen LogP contribution is 2.43. The van der Waals surface area contributed by atoms with Gasteiger partial charge >= 0.3 is 0 Å². The van der Waals surface area contributed by atoms with E-state index in [0.717, 1.165) is 66.8 Å². The number of furan rings is 1. The Morgan fingerprint density at radius 2 is 0.906 bits per heavy atom. The topological polar surface area (TPSA) is 42.4 Å². The molecule has 0 aliphatic heterocycles. The van der Waals surface area contributed by atoms with Gasteiger partial charge < -0.3 is 13.7 Å². The van der Waals surface area contributed by atoms with E-state index in [1.165, 1.54) is 22.3 Å². The molecule has 0 atom stereocenters. The van der Waals surface area contributed by atoms with Gasteiger partial charge in [0.2, 0.25) is 5.89 Å². The van der Waals surface area contributed by atoms with Gasteiger partial charge in [0.25, 0.3) is 0 Å². The molecule has 0 spiro atoms. The number of fused-ring (bicyclic) bond motifs is 4. The highest BCUT2D eigenvalue weighted by molar-refractivity contribution is 6.15. The van der Waals surface area contributed by atoms with Gasteiger partial charge in [-0.3, -0.25) is 0 Å². The quantitative estimate of drug-likeness (QED) is 0.168. The van der Waals surface area contributed by atoms with Crippen molar-refractivity contribution in [3.63, 3.8) is 0 Å². The van der Waals surface area contributed by atoms with Gasteiger partial charge in [-0.1, -0.05) is 127 Å². The zero-order valence-electron chi connectivity index (χ0n) is 28.7. The fraction of sp³-hybridized carbons (Fsp3) is 0. The SMILES string of the molecule is c1ccc(-c2ccc(N(c3ccc(-c4ccccc4)cc3)c3ccc4oc5cccc(-c6cccc7nc(-c8ccccc8)oc67)c5c4c3)cc2)cc1. The van der Waals surface area contributed by atoms with Gasteiger partial charge in [-0.25, -0.2) is 4.98 Å². The van der Waals surface area contributed by atoms with Crippen LogP contribution in [-0.2, 0) is 0 Å². The third kappa shape index (κ3) is 5.54. The van der Waals surface area contributed by atoms with Gasteiger partial charge in [-0.15, -0.1) is 0 Å². The highest BCUT2D eigenvalue weighted by Gasteiger charge is 2.20. The van der Waals surface area contributed by atoms with Crippen LogP contribution in [0.25, 0.3) is 77.9 Å². The summed E-state index contributed by atoms with van der Waals surface area (Å²) >= 11 is 0. The summed E-state index contributed by atoms with van der Waals surface area (Å²) in [5, 5.41) is 2.06. The normalized spacial score (nSPS) is 11.4. The lowest BCUT2D eigenvalue weighted by atomic mass is 9.98. The summed E-state index contributed by atoms with van der Waals surface area (Å²) in [7, 11) is 0. The van der Waals surface area contributed by atoms with Gasteiger partial charge in [0.1, 0.15) is 16.7 Å². The van der Waals surface area contributed by atoms with Crippen molar-refractivity contribution in [2.75, 3.05) is 4.90 Å². The smallest absolute Gasteiger partial charge is 0.227 e. The molecule has 0 aliphatic rings. The fourth-order valence-electron chi connectivity index (χ4n) is 7.36. The number of rotatable bonds is 7. The zero-order chi connectivity index (χ0) is 35.1. The summed E-state index contributed by atoms with van der Waals surface area (Å²) in [5.41, 5.74) is 14.0. The number of aromatic nitrogens is 1. The minimum absolute atomic E-state index is 0.603. The monoisotopic (exact) mass is 680 g/mol. The van der Waals surface area contributed by atoms with Gasteiger partial charge in [-0.05, 0) is 94.5 Å². The number of hydrogen-bond donors (Lipinski definition) is 0. The number of benzene rings is 8. The van der Waals surface area contributed by atoms with Crippen molar-refractivity contribution in [3.05, 3.63) is 194 Å². The highest BCUT2D eigenvalue weighted by atomic mass is 16.3. The van der Waals surface area contributed by atoms with E-state index in [1.807, 2.05) is 66.7 Å². The summed E-state index contributed by atoms with van der Waals surface area (Å²) in [6.07, 6.45) is 0. The van der Waals surface area contributed by atoms with Gasteiger partial charge in [0.05, 0.1) is 0 Å². The van der Waals surface area contributed by atoms with Crippen LogP contribution in [0.15, 0.2) is 203 Å². The standard InChI is InChI=1S/C49H32N2O2/c1-4-12-33(13-5-1)35-22-26-38(27-23-35)51(39-28-24-36(25-29-39)34-14-6-2-7-15-34)40-30-31-45-43(32-40)47-41(18-11-21-46(47)52-45)42-19-10-20-44-48(42)53-49(50-44)37-16-8-3-9-17-37/h1-32H. The van der Waals surface area contributed by atoms with Crippen LogP contribution in [-0.4, -0.2) is 4.98 Å². The van der Waals surface area contributed by atoms with Crippen molar-refractivity contribution in [3.8, 4) is 44.8 Å². The molecule has 2 aromatic heterocycles. The molecule has 8 aromatic carbocycles. The molecule has 4 heteroatoms. The second kappa shape index (κ2) is 12.9. The predicted octanol–water partition coefficient (Wildman–Crippen LogP) is 13.9. The van der Waals surface area contributed by atoms with Crippen LogP contribution in [0.3, 0.4) is 0 Å². The minimum Gasteiger partial charge on any atom is -0.456 e. The first-order valence-electron chi connectivity index (χ1n) is 17.8. The third-order valence-electron chi connectivity index (χ3n) is 9.93. The Morgan fingerprint density at radius 3 is 1.53 bits per heavy atom. The largest absolute Gasteiger partial charge is 0.456 e. The lowest BCUT2D eigenvalue weighted by Gasteiger charge is -2.26. The Bertz CT molecular complexity index is 2770. The van der Waals surface area contributed by atoms with Crippen molar-refractivity contribution in [1.82, 2.24) is 4.98 Å². The van der Waals surface area contributed by atoms with Gasteiger partial charge in [0, 0.05) is 39.0 Å². The maximum absolute atomic E-state index is 6.51. The second-order valence-corrected chi connectivity index (χ2v) is 13.2. The molecule has 2 heterocycles. The molecular formula is C49H32N2O2. The molecule has 53 heavy (non-hydrogen) atoms.